The number of carbonyl (C=O) groups excluding carboxylic acids is 1. The van der Waals surface area contributed by atoms with Gasteiger partial charge in [0.05, 0.1) is 12.3 Å². The molecular formula is C14H23N3O3S. The van der Waals surface area contributed by atoms with E-state index in [2.05, 4.69) is 4.72 Å². The second-order valence-electron chi connectivity index (χ2n) is 4.67. The van der Waals surface area contributed by atoms with Gasteiger partial charge in [0, 0.05) is 19.6 Å². The number of benzene rings is 1. The summed E-state index contributed by atoms with van der Waals surface area (Å²) in [6.45, 7) is 5.00. The number of sulfonamides is 1. The first-order valence-electron chi connectivity index (χ1n) is 6.94. The van der Waals surface area contributed by atoms with Crippen molar-refractivity contribution < 1.29 is 13.2 Å². The van der Waals surface area contributed by atoms with Gasteiger partial charge < -0.3 is 10.6 Å². The normalized spacial score (nSPS) is 11.4. The van der Waals surface area contributed by atoms with E-state index in [1.165, 1.54) is 0 Å². The molecule has 6 nitrogen and oxygen atoms in total. The van der Waals surface area contributed by atoms with E-state index >= 15 is 0 Å². The maximum Gasteiger partial charge on any atom is 0.237 e. The average molecular weight is 313 g/mol. The number of hydrogen-bond acceptors (Lipinski definition) is 4. The van der Waals surface area contributed by atoms with E-state index in [9.17, 15) is 13.2 Å². The zero-order valence-corrected chi connectivity index (χ0v) is 13.3. The van der Waals surface area contributed by atoms with Gasteiger partial charge in [0.1, 0.15) is 0 Å². The van der Waals surface area contributed by atoms with Gasteiger partial charge in [0.25, 0.3) is 0 Å². The Labute approximate surface area is 126 Å². The Bertz CT molecular complexity index is 569. The molecule has 0 aliphatic carbocycles. The van der Waals surface area contributed by atoms with Gasteiger partial charge in [-0.1, -0.05) is 24.3 Å². The summed E-state index contributed by atoms with van der Waals surface area (Å²) in [5.74, 6) is -0.383. The van der Waals surface area contributed by atoms with Crippen LogP contribution in [-0.4, -0.2) is 38.9 Å². The van der Waals surface area contributed by atoms with Crippen molar-refractivity contribution in [3.05, 3.63) is 35.4 Å². The quantitative estimate of drug-likeness (QED) is 0.728. The molecule has 3 N–H and O–H groups in total. The van der Waals surface area contributed by atoms with E-state index in [0.717, 1.165) is 5.56 Å². The van der Waals surface area contributed by atoms with Crippen LogP contribution >= 0.6 is 0 Å². The second kappa shape index (κ2) is 8.11. The second-order valence-corrected chi connectivity index (χ2v) is 6.48. The Kier molecular flexibility index (Phi) is 6.80. The monoisotopic (exact) mass is 313 g/mol. The Balaban J connectivity index is 2.63. The zero-order chi connectivity index (χ0) is 15.9. The van der Waals surface area contributed by atoms with Gasteiger partial charge in [0.2, 0.25) is 15.9 Å². The summed E-state index contributed by atoms with van der Waals surface area (Å²) in [5.41, 5.74) is 7.06. The Morgan fingerprint density at radius 2 is 1.86 bits per heavy atom. The van der Waals surface area contributed by atoms with Gasteiger partial charge in [-0.2, -0.15) is 0 Å². The van der Waals surface area contributed by atoms with E-state index < -0.39 is 10.0 Å². The van der Waals surface area contributed by atoms with E-state index in [1.54, 1.807) is 23.1 Å². The molecule has 0 bridgehead atoms. The molecule has 0 atom stereocenters. The number of nitrogens with one attached hydrogen (secondary N) is 1. The predicted octanol–water partition coefficient (Wildman–Crippen LogP) is 0.433. The third kappa shape index (κ3) is 5.82. The van der Waals surface area contributed by atoms with Crippen molar-refractivity contribution in [2.75, 3.05) is 19.6 Å². The van der Waals surface area contributed by atoms with E-state index in [4.69, 9.17) is 5.73 Å². The van der Waals surface area contributed by atoms with Gasteiger partial charge in [-0.3, -0.25) is 4.79 Å². The molecule has 0 fully saturated rings. The molecule has 1 amide bonds. The highest BCUT2D eigenvalue weighted by Crippen LogP contribution is 2.08. The van der Waals surface area contributed by atoms with Gasteiger partial charge in [-0.25, -0.2) is 13.1 Å². The number of nitrogens with two attached hydrogens (primary N) is 1. The minimum absolute atomic E-state index is 0.160. The SMILES string of the molecule is CCN(CC)C(=O)CNS(=O)(=O)Cc1cccc(CN)c1. The van der Waals surface area contributed by atoms with E-state index in [-0.39, 0.29) is 18.2 Å². The van der Waals surface area contributed by atoms with Crippen molar-refractivity contribution in [1.29, 1.82) is 0 Å². The maximum atomic E-state index is 12.0. The molecule has 0 unspecified atom stereocenters. The summed E-state index contributed by atoms with van der Waals surface area (Å²) in [4.78, 5) is 13.4. The number of rotatable bonds is 8. The lowest BCUT2D eigenvalue weighted by Crippen LogP contribution is -2.40. The van der Waals surface area contributed by atoms with Crippen molar-refractivity contribution in [2.45, 2.75) is 26.1 Å². The molecule has 7 heteroatoms. The summed E-state index contributed by atoms with van der Waals surface area (Å²) >= 11 is 0. The van der Waals surface area contributed by atoms with Crippen LogP contribution < -0.4 is 10.5 Å². The molecule has 0 spiro atoms. The summed E-state index contributed by atoms with van der Waals surface area (Å²) in [6.07, 6.45) is 0. The number of likely N-dealkylation sites (N-methyl/N-ethyl adjacent to an activating group) is 1. The van der Waals surface area contributed by atoms with Gasteiger partial charge in [-0.15, -0.1) is 0 Å². The molecule has 0 aliphatic heterocycles. The molecular weight excluding hydrogens is 290 g/mol. The van der Waals surface area contributed by atoms with E-state index in [0.29, 0.717) is 25.2 Å². The fourth-order valence-corrected chi connectivity index (χ4v) is 3.04. The standard InChI is InChI=1S/C14H23N3O3S/c1-3-17(4-2)14(18)10-16-21(19,20)11-13-7-5-6-12(8-13)9-15/h5-8,16H,3-4,9-11,15H2,1-2H3. The molecule has 118 valence electrons. The molecule has 0 heterocycles. The van der Waals surface area contributed by atoms with Crippen LogP contribution in [-0.2, 0) is 27.1 Å². The minimum atomic E-state index is -3.54. The Morgan fingerprint density at radius 3 is 2.43 bits per heavy atom. The first-order chi connectivity index (χ1) is 9.91. The largest absolute Gasteiger partial charge is 0.342 e. The van der Waals surface area contributed by atoms with Crippen LogP contribution in [0.4, 0.5) is 0 Å². The number of nitrogens with zero attached hydrogens (tertiary/aromatic N) is 1. The summed E-state index contributed by atoms with van der Waals surface area (Å²) in [5, 5.41) is 0. The highest BCUT2D eigenvalue weighted by molar-refractivity contribution is 7.88. The molecule has 21 heavy (non-hydrogen) atoms. The van der Waals surface area contributed by atoms with Crippen LogP contribution in [0, 0.1) is 0 Å². The average Bonchev–Trinajstić information content (AvgIpc) is 2.46. The highest BCUT2D eigenvalue weighted by Gasteiger charge is 2.16. The summed E-state index contributed by atoms with van der Waals surface area (Å²) < 4.78 is 26.3. The van der Waals surface area contributed by atoms with Crippen LogP contribution in [0.2, 0.25) is 0 Å². The van der Waals surface area contributed by atoms with Crippen LogP contribution in [0.1, 0.15) is 25.0 Å². The number of carbonyl (C=O) groups is 1. The lowest BCUT2D eigenvalue weighted by molar-refractivity contribution is -0.129. The molecule has 0 saturated carbocycles. The third-order valence-electron chi connectivity index (χ3n) is 3.14. The van der Waals surface area contributed by atoms with Crippen molar-refractivity contribution >= 4 is 15.9 Å². The molecule has 0 aliphatic rings. The lowest BCUT2D eigenvalue weighted by Gasteiger charge is -2.18. The smallest absolute Gasteiger partial charge is 0.237 e. The van der Waals surface area contributed by atoms with Crippen LogP contribution in [0.15, 0.2) is 24.3 Å². The zero-order valence-electron chi connectivity index (χ0n) is 12.5. The van der Waals surface area contributed by atoms with E-state index in [1.807, 2.05) is 19.9 Å². The van der Waals surface area contributed by atoms with Crippen molar-refractivity contribution in [3.63, 3.8) is 0 Å². The van der Waals surface area contributed by atoms with Gasteiger partial charge >= 0.3 is 0 Å². The molecule has 1 rings (SSSR count). The fourth-order valence-electron chi connectivity index (χ4n) is 1.98. The van der Waals surface area contributed by atoms with Crippen molar-refractivity contribution in [2.24, 2.45) is 5.73 Å². The molecule has 0 saturated heterocycles. The lowest BCUT2D eigenvalue weighted by atomic mass is 10.1. The predicted molar refractivity (Wildman–Crippen MR) is 82.9 cm³/mol. The van der Waals surface area contributed by atoms with Crippen molar-refractivity contribution in [3.8, 4) is 0 Å². The number of hydrogen-bond donors (Lipinski definition) is 2. The topological polar surface area (TPSA) is 92.5 Å². The van der Waals surface area contributed by atoms with Gasteiger partial charge in [0.15, 0.2) is 0 Å². The fraction of sp³-hybridized carbons (Fsp3) is 0.500. The first-order valence-corrected chi connectivity index (χ1v) is 8.60. The number of amides is 1. The summed E-state index contributed by atoms with van der Waals surface area (Å²) in [7, 11) is -3.54. The van der Waals surface area contributed by atoms with Gasteiger partial charge in [-0.05, 0) is 25.0 Å². The molecule has 1 aromatic carbocycles. The molecule has 1 aromatic rings. The highest BCUT2D eigenvalue weighted by atomic mass is 32.2. The van der Waals surface area contributed by atoms with Crippen LogP contribution in [0.5, 0.6) is 0 Å². The molecule has 0 aromatic heterocycles. The molecule has 0 radical (unpaired) electrons. The first kappa shape index (κ1) is 17.6. The Hall–Kier alpha value is -1.44. The van der Waals surface area contributed by atoms with Crippen molar-refractivity contribution in [1.82, 2.24) is 9.62 Å². The summed E-state index contributed by atoms with van der Waals surface area (Å²) in [6, 6.07) is 7.09. The third-order valence-corrected chi connectivity index (χ3v) is 4.44. The van der Waals surface area contributed by atoms with Crippen LogP contribution in [0.25, 0.3) is 0 Å². The maximum absolute atomic E-state index is 12.0. The van der Waals surface area contributed by atoms with Crippen LogP contribution in [0.3, 0.4) is 0 Å². The Morgan fingerprint density at radius 1 is 1.24 bits per heavy atom. The minimum Gasteiger partial charge on any atom is -0.342 e.